The normalized spacial score (nSPS) is 11.2. The van der Waals surface area contributed by atoms with Crippen molar-refractivity contribution in [3.63, 3.8) is 0 Å². The lowest BCUT2D eigenvalue weighted by Crippen LogP contribution is -2.23. The Hall–Kier alpha value is -3.58. The van der Waals surface area contributed by atoms with Crippen LogP contribution in [0, 0.1) is 0 Å². The van der Waals surface area contributed by atoms with Gasteiger partial charge in [0.05, 0.1) is 26.0 Å². The number of nitrogens with zero attached hydrogens (tertiary/aromatic N) is 2. The van der Waals surface area contributed by atoms with Gasteiger partial charge in [0.15, 0.2) is 11.5 Å². The first-order valence-corrected chi connectivity index (χ1v) is 11.0. The van der Waals surface area contributed by atoms with E-state index >= 15 is 0 Å². The van der Waals surface area contributed by atoms with Crippen LogP contribution in [0.1, 0.15) is 25.8 Å². The van der Waals surface area contributed by atoms with Crippen molar-refractivity contribution in [1.82, 2.24) is 15.1 Å². The van der Waals surface area contributed by atoms with Gasteiger partial charge < -0.3 is 19.5 Å². The molecule has 7 heteroatoms. The Balaban J connectivity index is 1.83. The summed E-state index contributed by atoms with van der Waals surface area (Å²) in [6.45, 7) is 5.16. The fourth-order valence-electron chi connectivity index (χ4n) is 3.26. The molecular weight excluding hydrogens is 418 g/mol. The molecule has 3 rings (SSSR count). The average Bonchev–Trinajstić information content (AvgIpc) is 3.26. The number of ether oxygens (including phenoxy) is 3. The van der Waals surface area contributed by atoms with E-state index in [2.05, 4.69) is 5.32 Å². The van der Waals surface area contributed by atoms with Crippen molar-refractivity contribution in [2.75, 3.05) is 27.4 Å². The lowest BCUT2D eigenvalue weighted by atomic mass is 10.1. The predicted octanol–water partition coefficient (Wildman–Crippen LogP) is 4.50. The number of hydrogen-bond acceptors (Lipinski definition) is 5. The molecule has 0 aliphatic heterocycles. The van der Waals surface area contributed by atoms with E-state index in [1.54, 1.807) is 25.0 Å². The molecule has 0 bridgehead atoms. The number of rotatable bonds is 11. The summed E-state index contributed by atoms with van der Waals surface area (Å²) in [5, 5.41) is 7.67. The molecule has 1 aromatic heterocycles. The minimum absolute atomic E-state index is 0.162. The topological polar surface area (TPSA) is 74.6 Å². The van der Waals surface area contributed by atoms with Crippen molar-refractivity contribution >= 4 is 12.0 Å². The predicted molar refractivity (Wildman–Crippen MR) is 130 cm³/mol. The van der Waals surface area contributed by atoms with E-state index < -0.39 is 0 Å². The third-order valence-corrected chi connectivity index (χ3v) is 4.91. The zero-order valence-electron chi connectivity index (χ0n) is 19.6. The number of amides is 1. The molecule has 0 radical (unpaired) electrons. The Morgan fingerprint density at radius 2 is 1.85 bits per heavy atom. The highest BCUT2D eigenvalue weighted by atomic mass is 16.5. The number of carbonyl (C=O) groups is 1. The summed E-state index contributed by atoms with van der Waals surface area (Å²) < 4.78 is 18.1. The second kappa shape index (κ2) is 11.9. The Kier molecular flexibility index (Phi) is 8.66. The lowest BCUT2D eigenvalue weighted by molar-refractivity contribution is -0.116. The van der Waals surface area contributed by atoms with Gasteiger partial charge in [0.25, 0.3) is 0 Å². The standard InChI is InChI=1S/C26H31N3O4/c1-19(2)33-16-8-15-27-25(30)14-12-21-18-29(22-9-6-5-7-10-22)28-26(21)20-11-13-23(31-3)24(17-20)32-4/h5-7,9-14,17-19H,8,15-16H2,1-4H3,(H,27,30)/b14-12+. The Bertz CT molecular complexity index is 1070. The summed E-state index contributed by atoms with van der Waals surface area (Å²) in [7, 11) is 3.20. The van der Waals surface area contributed by atoms with Crippen LogP contribution in [-0.2, 0) is 9.53 Å². The van der Waals surface area contributed by atoms with Gasteiger partial charge in [-0.15, -0.1) is 0 Å². The van der Waals surface area contributed by atoms with E-state index in [4.69, 9.17) is 19.3 Å². The maximum atomic E-state index is 12.3. The van der Waals surface area contributed by atoms with Crippen LogP contribution < -0.4 is 14.8 Å². The van der Waals surface area contributed by atoms with Crippen molar-refractivity contribution in [2.24, 2.45) is 0 Å². The summed E-state index contributed by atoms with van der Waals surface area (Å²) >= 11 is 0. The van der Waals surface area contributed by atoms with Crippen molar-refractivity contribution in [1.29, 1.82) is 0 Å². The molecule has 3 aromatic rings. The van der Waals surface area contributed by atoms with Crippen LogP contribution in [0.5, 0.6) is 11.5 Å². The van der Waals surface area contributed by atoms with Crippen molar-refractivity contribution in [3.8, 4) is 28.4 Å². The lowest BCUT2D eigenvalue weighted by Gasteiger charge is -2.09. The molecule has 0 spiro atoms. The molecule has 2 aromatic carbocycles. The van der Waals surface area contributed by atoms with E-state index in [0.29, 0.717) is 24.7 Å². The molecule has 0 atom stereocenters. The van der Waals surface area contributed by atoms with Gasteiger partial charge in [0, 0.05) is 36.6 Å². The summed E-state index contributed by atoms with van der Waals surface area (Å²) in [6.07, 6.45) is 6.16. The second-order valence-corrected chi connectivity index (χ2v) is 7.68. The average molecular weight is 450 g/mol. The first-order chi connectivity index (χ1) is 16.0. The number of methoxy groups -OCH3 is 2. The molecule has 0 aliphatic carbocycles. The first-order valence-electron chi connectivity index (χ1n) is 11.0. The van der Waals surface area contributed by atoms with Gasteiger partial charge in [0.2, 0.25) is 5.91 Å². The number of nitrogens with one attached hydrogen (secondary N) is 1. The quantitative estimate of drug-likeness (QED) is 0.345. The maximum Gasteiger partial charge on any atom is 0.244 e. The molecule has 1 amide bonds. The van der Waals surface area contributed by atoms with Crippen molar-refractivity contribution in [3.05, 3.63) is 66.4 Å². The maximum absolute atomic E-state index is 12.3. The van der Waals surface area contributed by atoms with Crippen LogP contribution >= 0.6 is 0 Å². The molecule has 0 fully saturated rings. The van der Waals surface area contributed by atoms with Gasteiger partial charge >= 0.3 is 0 Å². The summed E-state index contributed by atoms with van der Waals surface area (Å²) in [6, 6.07) is 15.5. The zero-order chi connectivity index (χ0) is 23.6. The second-order valence-electron chi connectivity index (χ2n) is 7.68. The smallest absolute Gasteiger partial charge is 0.244 e. The van der Waals surface area contributed by atoms with E-state index in [9.17, 15) is 4.79 Å². The first kappa shape index (κ1) is 24.1. The Morgan fingerprint density at radius 3 is 2.55 bits per heavy atom. The third-order valence-electron chi connectivity index (χ3n) is 4.91. The molecule has 1 heterocycles. The minimum atomic E-state index is -0.162. The zero-order valence-corrected chi connectivity index (χ0v) is 19.6. The van der Waals surface area contributed by atoms with Gasteiger partial charge in [-0.25, -0.2) is 4.68 Å². The van der Waals surface area contributed by atoms with E-state index in [-0.39, 0.29) is 12.0 Å². The highest BCUT2D eigenvalue weighted by Crippen LogP contribution is 2.33. The van der Waals surface area contributed by atoms with E-state index in [1.165, 1.54) is 6.08 Å². The van der Waals surface area contributed by atoms with Gasteiger partial charge in [-0.05, 0) is 56.7 Å². The molecule has 0 saturated heterocycles. The van der Waals surface area contributed by atoms with Gasteiger partial charge in [-0.3, -0.25) is 4.79 Å². The Morgan fingerprint density at radius 1 is 1.09 bits per heavy atom. The van der Waals surface area contributed by atoms with E-state index in [1.807, 2.05) is 68.6 Å². The third kappa shape index (κ3) is 6.70. The molecule has 0 unspecified atom stereocenters. The monoisotopic (exact) mass is 449 g/mol. The Labute approximate surface area is 195 Å². The summed E-state index contributed by atoms with van der Waals surface area (Å²) in [5.74, 6) is 1.09. The van der Waals surface area contributed by atoms with Crippen molar-refractivity contribution in [2.45, 2.75) is 26.4 Å². The number of para-hydroxylation sites is 1. The molecule has 0 saturated carbocycles. The molecule has 7 nitrogen and oxygen atoms in total. The molecule has 1 N–H and O–H groups in total. The SMILES string of the molecule is COc1ccc(-c2nn(-c3ccccc3)cc2/C=C/C(=O)NCCCOC(C)C)cc1OC. The van der Waals surface area contributed by atoms with Crippen LogP contribution in [0.3, 0.4) is 0 Å². The fourth-order valence-corrected chi connectivity index (χ4v) is 3.26. The molecular formula is C26H31N3O4. The van der Waals surface area contributed by atoms with Gasteiger partial charge in [-0.2, -0.15) is 5.10 Å². The molecule has 0 aliphatic rings. The molecule has 174 valence electrons. The van der Waals surface area contributed by atoms with Crippen LogP contribution in [0.25, 0.3) is 23.0 Å². The highest BCUT2D eigenvalue weighted by molar-refractivity contribution is 5.92. The summed E-state index contributed by atoms with van der Waals surface area (Å²) in [4.78, 5) is 12.3. The van der Waals surface area contributed by atoms with Crippen LogP contribution in [0.2, 0.25) is 0 Å². The van der Waals surface area contributed by atoms with Crippen molar-refractivity contribution < 1.29 is 19.0 Å². The number of aromatic nitrogens is 2. The van der Waals surface area contributed by atoms with Gasteiger partial charge in [-0.1, -0.05) is 18.2 Å². The van der Waals surface area contributed by atoms with Crippen LogP contribution in [0.15, 0.2) is 60.8 Å². The highest BCUT2D eigenvalue weighted by Gasteiger charge is 2.14. The summed E-state index contributed by atoms with van der Waals surface area (Å²) in [5.41, 5.74) is 3.32. The number of benzene rings is 2. The molecule has 33 heavy (non-hydrogen) atoms. The largest absolute Gasteiger partial charge is 0.493 e. The number of hydrogen-bond donors (Lipinski definition) is 1. The van der Waals surface area contributed by atoms with Crippen LogP contribution in [0.4, 0.5) is 0 Å². The van der Waals surface area contributed by atoms with E-state index in [0.717, 1.165) is 28.9 Å². The van der Waals surface area contributed by atoms with Crippen LogP contribution in [-0.4, -0.2) is 49.2 Å². The number of carbonyl (C=O) groups excluding carboxylic acids is 1. The fraction of sp³-hybridized carbons (Fsp3) is 0.308. The van der Waals surface area contributed by atoms with Gasteiger partial charge in [0.1, 0.15) is 5.69 Å². The minimum Gasteiger partial charge on any atom is -0.493 e.